The van der Waals surface area contributed by atoms with Gasteiger partial charge < -0.3 is 15.0 Å². The zero-order valence-corrected chi connectivity index (χ0v) is 16.1. The van der Waals surface area contributed by atoms with Crippen molar-refractivity contribution >= 4 is 40.4 Å². The number of nitrogens with two attached hydrogens (primary N) is 1. The minimum Gasteiger partial charge on any atom is -0.494 e. The Balaban J connectivity index is 1.84. The number of rotatable bonds is 4. The number of nitrogens with zero attached hydrogens (tertiary/aromatic N) is 3. The summed E-state index contributed by atoms with van der Waals surface area (Å²) in [5.41, 5.74) is 9.40. The van der Waals surface area contributed by atoms with Crippen molar-refractivity contribution in [3.63, 3.8) is 0 Å². The molecule has 0 saturated heterocycles. The van der Waals surface area contributed by atoms with E-state index in [1.165, 1.54) is 11.3 Å². The number of imidazole rings is 1. The molecule has 0 aliphatic carbocycles. The van der Waals surface area contributed by atoms with Crippen LogP contribution in [0.15, 0.2) is 48.5 Å². The van der Waals surface area contributed by atoms with E-state index in [9.17, 15) is 0 Å². The quantitative estimate of drug-likeness (QED) is 0.515. The van der Waals surface area contributed by atoms with E-state index in [4.69, 9.17) is 27.7 Å². The van der Waals surface area contributed by atoms with Gasteiger partial charge in [0, 0.05) is 12.7 Å². The second-order valence-electron chi connectivity index (χ2n) is 5.83. The van der Waals surface area contributed by atoms with Crippen molar-refractivity contribution in [2.45, 2.75) is 6.92 Å². The second-order valence-corrected chi connectivity index (χ2v) is 7.47. The van der Waals surface area contributed by atoms with Crippen molar-refractivity contribution in [1.82, 2.24) is 14.1 Å². The Morgan fingerprint density at radius 2 is 1.88 bits per heavy atom. The van der Waals surface area contributed by atoms with Gasteiger partial charge in [-0.1, -0.05) is 23.5 Å². The highest BCUT2D eigenvalue weighted by Crippen LogP contribution is 2.36. The highest BCUT2D eigenvalue weighted by atomic mass is 32.1. The summed E-state index contributed by atoms with van der Waals surface area (Å²) >= 11 is 7.05. The lowest BCUT2D eigenvalue weighted by molar-refractivity contribution is 0.340. The van der Waals surface area contributed by atoms with Crippen LogP contribution in [0, 0.1) is 3.95 Å². The van der Waals surface area contributed by atoms with E-state index in [0.717, 1.165) is 33.2 Å². The second kappa shape index (κ2) is 6.59. The first-order valence-electron chi connectivity index (χ1n) is 8.26. The third-order valence-electron chi connectivity index (χ3n) is 4.24. The third-order valence-corrected chi connectivity index (χ3v) is 5.63. The lowest BCUT2D eigenvalue weighted by Crippen LogP contribution is -2.02. The van der Waals surface area contributed by atoms with Crippen LogP contribution in [0.3, 0.4) is 0 Å². The summed E-state index contributed by atoms with van der Waals surface area (Å²) in [6, 6.07) is 15.8. The molecule has 2 N–H and O–H groups in total. The molecule has 0 saturated carbocycles. The normalized spacial score (nSPS) is 11.2. The van der Waals surface area contributed by atoms with Crippen molar-refractivity contribution < 1.29 is 4.74 Å². The number of ether oxygens (including phenoxy) is 1. The molecular formula is C19H18N4OS2. The maximum absolute atomic E-state index is 6.48. The van der Waals surface area contributed by atoms with E-state index < -0.39 is 0 Å². The van der Waals surface area contributed by atoms with E-state index in [2.05, 4.69) is 4.57 Å². The van der Waals surface area contributed by atoms with Crippen LogP contribution < -0.4 is 10.5 Å². The van der Waals surface area contributed by atoms with Gasteiger partial charge in [0.2, 0.25) is 0 Å². The van der Waals surface area contributed by atoms with Gasteiger partial charge >= 0.3 is 0 Å². The number of hydrogen-bond donors (Lipinski definition) is 1. The monoisotopic (exact) mass is 382 g/mol. The Hall–Kier alpha value is -2.64. The molecule has 0 spiro atoms. The van der Waals surface area contributed by atoms with Crippen LogP contribution in [0.2, 0.25) is 0 Å². The Labute approximate surface area is 160 Å². The molecular weight excluding hydrogens is 364 g/mol. The summed E-state index contributed by atoms with van der Waals surface area (Å²) in [5.74, 6) is 2.25. The number of hydrogen-bond acceptors (Lipinski definition) is 5. The number of para-hydroxylation sites is 2. The predicted molar refractivity (Wildman–Crippen MR) is 110 cm³/mol. The Bertz CT molecular complexity index is 1140. The molecule has 0 amide bonds. The smallest absolute Gasteiger partial charge is 0.168 e. The molecule has 2 aromatic carbocycles. The minimum absolute atomic E-state index is 0.600. The van der Waals surface area contributed by atoms with Gasteiger partial charge in [-0.3, -0.25) is 4.57 Å². The van der Waals surface area contributed by atoms with Crippen molar-refractivity contribution in [3.05, 3.63) is 52.5 Å². The Morgan fingerprint density at radius 1 is 1.15 bits per heavy atom. The van der Waals surface area contributed by atoms with Crippen LogP contribution in [0.1, 0.15) is 6.92 Å². The van der Waals surface area contributed by atoms with E-state index >= 15 is 0 Å². The minimum atomic E-state index is 0.600. The molecule has 0 aliphatic rings. The topological polar surface area (TPSA) is 58.0 Å². The maximum Gasteiger partial charge on any atom is 0.168 e. The summed E-state index contributed by atoms with van der Waals surface area (Å²) in [6.45, 7) is 2.60. The molecule has 4 rings (SSSR count). The lowest BCUT2D eigenvalue weighted by Gasteiger charge is -2.08. The van der Waals surface area contributed by atoms with Crippen LogP contribution in [0.25, 0.3) is 27.4 Å². The van der Waals surface area contributed by atoms with Crippen molar-refractivity contribution in [2.75, 3.05) is 12.3 Å². The zero-order valence-electron chi connectivity index (χ0n) is 14.5. The average molecular weight is 383 g/mol. The summed E-state index contributed by atoms with van der Waals surface area (Å²) in [5, 5.41) is 0. The van der Waals surface area contributed by atoms with Gasteiger partial charge in [-0.25, -0.2) is 4.98 Å². The van der Waals surface area contributed by atoms with E-state index in [-0.39, 0.29) is 0 Å². The SMILES string of the molecule is CCOc1ccc(-n2c(N)c(-c3nc4ccccc4n3C)sc2=S)cc1. The van der Waals surface area contributed by atoms with Gasteiger partial charge in [0.25, 0.3) is 0 Å². The van der Waals surface area contributed by atoms with Gasteiger partial charge in [0.05, 0.1) is 17.6 Å². The van der Waals surface area contributed by atoms with Gasteiger partial charge in [-0.15, -0.1) is 0 Å². The van der Waals surface area contributed by atoms with Crippen LogP contribution in [0.5, 0.6) is 5.75 Å². The molecule has 0 radical (unpaired) electrons. The molecule has 7 heteroatoms. The first kappa shape index (κ1) is 16.8. The van der Waals surface area contributed by atoms with Crippen LogP contribution in [-0.4, -0.2) is 20.7 Å². The summed E-state index contributed by atoms with van der Waals surface area (Å²) in [4.78, 5) is 5.62. The van der Waals surface area contributed by atoms with Gasteiger partial charge in [0.15, 0.2) is 9.78 Å². The number of thiazole rings is 1. The van der Waals surface area contributed by atoms with E-state index in [0.29, 0.717) is 16.4 Å². The highest BCUT2D eigenvalue weighted by Gasteiger charge is 2.18. The first-order valence-corrected chi connectivity index (χ1v) is 9.49. The van der Waals surface area contributed by atoms with Crippen molar-refractivity contribution in [1.29, 1.82) is 0 Å². The van der Waals surface area contributed by atoms with Crippen LogP contribution in [-0.2, 0) is 7.05 Å². The molecule has 26 heavy (non-hydrogen) atoms. The fraction of sp³-hybridized carbons (Fsp3) is 0.158. The van der Waals surface area contributed by atoms with E-state index in [1.54, 1.807) is 0 Å². The molecule has 4 aromatic rings. The van der Waals surface area contributed by atoms with Crippen molar-refractivity contribution in [2.24, 2.45) is 7.05 Å². The Kier molecular flexibility index (Phi) is 4.26. The molecule has 0 atom stereocenters. The molecule has 0 bridgehead atoms. The molecule has 2 aromatic heterocycles. The molecule has 132 valence electrons. The zero-order chi connectivity index (χ0) is 18.3. The first-order chi connectivity index (χ1) is 12.6. The van der Waals surface area contributed by atoms with Crippen LogP contribution in [0.4, 0.5) is 5.82 Å². The third kappa shape index (κ3) is 2.69. The number of aryl methyl sites for hydroxylation is 1. The van der Waals surface area contributed by atoms with Gasteiger partial charge in [0.1, 0.15) is 16.4 Å². The molecule has 0 unspecified atom stereocenters. The molecule has 2 heterocycles. The predicted octanol–water partition coefficient (Wildman–Crippen LogP) is 4.80. The summed E-state index contributed by atoms with van der Waals surface area (Å²) in [7, 11) is 1.99. The fourth-order valence-electron chi connectivity index (χ4n) is 3.00. The number of aromatic nitrogens is 3. The van der Waals surface area contributed by atoms with Gasteiger partial charge in [-0.05, 0) is 55.5 Å². The molecule has 0 aliphatic heterocycles. The van der Waals surface area contributed by atoms with E-state index in [1.807, 2.05) is 67.1 Å². The largest absolute Gasteiger partial charge is 0.494 e. The standard InChI is InChI=1S/C19H18N4OS2/c1-3-24-13-10-8-12(9-11-13)23-17(20)16(26-19(23)25)18-21-14-6-4-5-7-15(14)22(18)2/h4-11H,3,20H2,1-2H3. The number of anilines is 1. The summed E-state index contributed by atoms with van der Waals surface area (Å²) < 4.78 is 10.1. The van der Waals surface area contributed by atoms with Crippen molar-refractivity contribution in [3.8, 4) is 22.1 Å². The molecule has 5 nitrogen and oxygen atoms in total. The number of nitrogen functional groups attached to an aromatic ring is 1. The van der Waals surface area contributed by atoms with Gasteiger partial charge in [-0.2, -0.15) is 0 Å². The molecule has 0 fully saturated rings. The number of benzene rings is 2. The fourth-order valence-corrected chi connectivity index (χ4v) is 4.39. The Morgan fingerprint density at radius 3 is 2.58 bits per heavy atom. The summed E-state index contributed by atoms with van der Waals surface area (Å²) in [6.07, 6.45) is 0. The highest BCUT2D eigenvalue weighted by molar-refractivity contribution is 7.73. The lowest BCUT2D eigenvalue weighted by atomic mass is 10.3. The number of fused-ring (bicyclic) bond motifs is 1. The average Bonchev–Trinajstić information content (AvgIpc) is 3.13. The van der Waals surface area contributed by atoms with Crippen LogP contribution >= 0.6 is 23.6 Å². The maximum atomic E-state index is 6.48.